The Morgan fingerprint density at radius 2 is 2.37 bits per heavy atom. The number of nitrogens with two attached hydrogens (primary N) is 1. The van der Waals surface area contributed by atoms with Crippen molar-refractivity contribution in [1.29, 1.82) is 0 Å². The first-order valence-electron chi connectivity index (χ1n) is 6.17. The van der Waals surface area contributed by atoms with Gasteiger partial charge in [-0.05, 0) is 12.1 Å². The highest BCUT2D eigenvalue weighted by Crippen LogP contribution is 2.28. The zero-order valence-corrected chi connectivity index (χ0v) is 12.5. The first-order valence-corrected chi connectivity index (χ1v) is 9.28. The fourth-order valence-electron chi connectivity index (χ4n) is 2.32. The van der Waals surface area contributed by atoms with Crippen LogP contribution < -0.4 is 5.73 Å². The standard InChI is InChI=1S/C12H19N3O2S2/c1-19(16,17)12-9-18-7-6-15(12)11(8-13)10-4-2-3-5-14-10/h2-5,11-12H,6-9,13H2,1H3. The molecule has 0 aromatic carbocycles. The van der Waals surface area contributed by atoms with E-state index in [0.29, 0.717) is 12.3 Å². The zero-order chi connectivity index (χ0) is 13.9. The summed E-state index contributed by atoms with van der Waals surface area (Å²) in [6, 6.07) is 5.51. The third kappa shape index (κ3) is 3.47. The van der Waals surface area contributed by atoms with Gasteiger partial charge in [-0.15, -0.1) is 0 Å². The van der Waals surface area contributed by atoms with Crippen LogP contribution in [0.1, 0.15) is 11.7 Å². The number of pyridine rings is 1. The maximum atomic E-state index is 11.9. The van der Waals surface area contributed by atoms with Crippen molar-refractivity contribution in [2.75, 3.05) is 30.9 Å². The minimum absolute atomic E-state index is 0.137. The topological polar surface area (TPSA) is 76.3 Å². The van der Waals surface area contributed by atoms with Crippen LogP contribution in [0.25, 0.3) is 0 Å². The molecule has 1 saturated heterocycles. The molecule has 0 aliphatic carbocycles. The molecule has 106 valence electrons. The molecule has 1 fully saturated rings. The highest BCUT2D eigenvalue weighted by Gasteiger charge is 2.35. The number of sulfone groups is 1. The van der Waals surface area contributed by atoms with Crippen molar-refractivity contribution >= 4 is 21.6 Å². The lowest BCUT2D eigenvalue weighted by Gasteiger charge is -2.39. The molecule has 7 heteroatoms. The summed E-state index contributed by atoms with van der Waals surface area (Å²) in [5.74, 6) is 1.53. The maximum absolute atomic E-state index is 11.9. The Morgan fingerprint density at radius 1 is 1.58 bits per heavy atom. The lowest BCUT2D eigenvalue weighted by atomic mass is 10.1. The molecule has 19 heavy (non-hydrogen) atoms. The fraction of sp³-hybridized carbons (Fsp3) is 0.583. The van der Waals surface area contributed by atoms with Crippen LogP contribution in [0.5, 0.6) is 0 Å². The summed E-state index contributed by atoms with van der Waals surface area (Å²) in [7, 11) is -3.12. The summed E-state index contributed by atoms with van der Waals surface area (Å²) in [4.78, 5) is 6.30. The van der Waals surface area contributed by atoms with Crippen LogP contribution in [-0.4, -0.2) is 54.5 Å². The second kappa shape index (κ2) is 6.21. The van der Waals surface area contributed by atoms with Crippen LogP contribution in [0.2, 0.25) is 0 Å². The van der Waals surface area contributed by atoms with Gasteiger partial charge in [-0.25, -0.2) is 8.42 Å². The molecule has 1 aliphatic rings. The molecular formula is C12H19N3O2S2. The average molecular weight is 301 g/mol. The van der Waals surface area contributed by atoms with Crippen LogP contribution >= 0.6 is 11.8 Å². The van der Waals surface area contributed by atoms with Gasteiger partial charge in [0.05, 0.1) is 11.7 Å². The predicted octanol–water partition coefficient (Wildman–Crippen LogP) is 0.501. The molecule has 0 radical (unpaired) electrons. The monoisotopic (exact) mass is 301 g/mol. The number of hydrogen-bond acceptors (Lipinski definition) is 6. The zero-order valence-electron chi connectivity index (χ0n) is 10.9. The Bertz CT molecular complexity index is 507. The second-order valence-corrected chi connectivity index (χ2v) is 7.96. The van der Waals surface area contributed by atoms with Gasteiger partial charge < -0.3 is 5.73 Å². The van der Waals surface area contributed by atoms with Gasteiger partial charge in [0.2, 0.25) is 0 Å². The Kier molecular flexibility index (Phi) is 4.83. The molecule has 1 aliphatic heterocycles. The van der Waals surface area contributed by atoms with Gasteiger partial charge >= 0.3 is 0 Å². The van der Waals surface area contributed by atoms with Crippen LogP contribution in [0, 0.1) is 0 Å². The number of hydrogen-bond donors (Lipinski definition) is 1. The molecule has 2 heterocycles. The molecule has 1 aromatic rings. The Labute approximate surface area is 118 Å². The molecule has 2 rings (SSSR count). The normalized spacial score (nSPS) is 23.2. The molecule has 2 atom stereocenters. The van der Waals surface area contributed by atoms with Crippen molar-refractivity contribution in [3.63, 3.8) is 0 Å². The van der Waals surface area contributed by atoms with E-state index in [0.717, 1.165) is 18.0 Å². The van der Waals surface area contributed by atoms with Crippen LogP contribution in [0.3, 0.4) is 0 Å². The third-order valence-corrected chi connectivity index (χ3v) is 5.93. The van der Waals surface area contributed by atoms with Crippen LogP contribution in [-0.2, 0) is 9.84 Å². The van der Waals surface area contributed by atoms with Crippen LogP contribution in [0.4, 0.5) is 0 Å². The third-order valence-electron chi connectivity index (χ3n) is 3.27. The Morgan fingerprint density at radius 3 is 2.95 bits per heavy atom. The quantitative estimate of drug-likeness (QED) is 0.873. The van der Waals surface area contributed by atoms with E-state index < -0.39 is 15.2 Å². The molecule has 1 aromatic heterocycles. The summed E-state index contributed by atoms with van der Waals surface area (Å²) < 4.78 is 23.9. The Hall–Kier alpha value is -0.630. The van der Waals surface area contributed by atoms with Gasteiger partial charge in [0.15, 0.2) is 9.84 Å². The lowest BCUT2D eigenvalue weighted by Crippen LogP contribution is -2.50. The summed E-state index contributed by atoms with van der Waals surface area (Å²) in [6.07, 6.45) is 3.01. The number of nitrogens with zero attached hydrogens (tertiary/aromatic N) is 2. The molecule has 0 amide bonds. The van der Waals surface area contributed by atoms with Crippen molar-refractivity contribution in [2.45, 2.75) is 11.4 Å². The lowest BCUT2D eigenvalue weighted by molar-refractivity contribution is 0.194. The average Bonchev–Trinajstić information content (AvgIpc) is 2.40. The van der Waals surface area contributed by atoms with Gasteiger partial charge in [-0.2, -0.15) is 11.8 Å². The second-order valence-electron chi connectivity index (χ2n) is 4.60. The van der Waals surface area contributed by atoms with Crippen molar-refractivity contribution in [3.05, 3.63) is 30.1 Å². The molecule has 0 spiro atoms. The van der Waals surface area contributed by atoms with Crippen molar-refractivity contribution in [2.24, 2.45) is 5.73 Å². The summed E-state index contributed by atoms with van der Waals surface area (Å²) in [5, 5.41) is -0.471. The van der Waals surface area contributed by atoms with E-state index in [9.17, 15) is 8.42 Å². The number of thioether (sulfide) groups is 1. The molecule has 2 unspecified atom stereocenters. The van der Waals surface area contributed by atoms with Crippen molar-refractivity contribution < 1.29 is 8.42 Å². The minimum Gasteiger partial charge on any atom is -0.329 e. The largest absolute Gasteiger partial charge is 0.329 e. The van der Waals surface area contributed by atoms with Crippen molar-refractivity contribution in [3.8, 4) is 0 Å². The first-order chi connectivity index (χ1) is 9.04. The van der Waals surface area contributed by atoms with Gasteiger partial charge in [-0.3, -0.25) is 9.88 Å². The molecular weight excluding hydrogens is 282 g/mol. The summed E-state index contributed by atoms with van der Waals surface area (Å²) in [5.41, 5.74) is 6.70. The van der Waals surface area contributed by atoms with E-state index in [-0.39, 0.29) is 6.04 Å². The van der Waals surface area contributed by atoms with Gasteiger partial charge in [0, 0.05) is 37.0 Å². The molecule has 5 nitrogen and oxygen atoms in total. The van der Waals surface area contributed by atoms with E-state index in [1.54, 1.807) is 18.0 Å². The molecule has 0 bridgehead atoms. The highest BCUT2D eigenvalue weighted by atomic mass is 32.2. The van der Waals surface area contributed by atoms with Crippen LogP contribution in [0.15, 0.2) is 24.4 Å². The smallest absolute Gasteiger partial charge is 0.164 e. The molecule has 0 saturated carbocycles. The SMILES string of the molecule is CS(=O)(=O)C1CSCCN1C(CN)c1ccccn1. The summed E-state index contributed by atoms with van der Waals surface area (Å²) >= 11 is 1.67. The Balaban J connectivity index is 2.30. The number of aromatic nitrogens is 1. The summed E-state index contributed by atoms with van der Waals surface area (Å²) in [6.45, 7) is 1.09. The van der Waals surface area contributed by atoms with Gasteiger partial charge in [-0.1, -0.05) is 6.07 Å². The highest BCUT2D eigenvalue weighted by molar-refractivity contribution is 8.00. The van der Waals surface area contributed by atoms with E-state index in [2.05, 4.69) is 4.98 Å². The predicted molar refractivity (Wildman–Crippen MR) is 78.7 cm³/mol. The van der Waals surface area contributed by atoms with Crippen molar-refractivity contribution in [1.82, 2.24) is 9.88 Å². The van der Waals surface area contributed by atoms with E-state index in [1.165, 1.54) is 6.26 Å². The minimum atomic E-state index is -3.12. The van der Waals surface area contributed by atoms with E-state index >= 15 is 0 Å². The number of rotatable bonds is 4. The van der Waals surface area contributed by atoms with Gasteiger partial charge in [0.1, 0.15) is 5.37 Å². The maximum Gasteiger partial charge on any atom is 0.164 e. The molecule has 2 N–H and O–H groups in total. The van der Waals surface area contributed by atoms with E-state index in [4.69, 9.17) is 5.73 Å². The first kappa shape index (κ1) is 14.8. The fourth-order valence-corrected chi connectivity index (χ4v) is 5.24. The van der Waals surface area contributed by atoms with E-state index in [1.807, 2.05) is 23.1 Å². The van der Waals surface area contributed by atoms with Gasteiger partial charge in [0.25, 0.3) is 0 Å².